The molecule has 2 saturated heterocycles. The van der Waals surface area contributed by atoms with Crippen LogP contribution in [0.25, 0.3) is 10.1 Å². The van der Waals surface area contributed by atoms with Crippen molar-refractivity contribution in [1.82, 2.24) is 4.90 Å². The fraction of sp³-hybridized carbons (Fsp3) is 0.529. The Bertz CT molecular complexity index is 626. The van der Waals surface area contributed by atoms with Crippen LogP contribution in [0.5, 0.6) is 0 Å². The molecule has 3 heterocycles. The predicted molar refractivity (Wildman–Crippen MR) is 85.9 cm³/mol. The Hall–Kier alpha value is -0.940. The van der Waals surface area contributed by atoms with Gasteiger partial charge in [-0.05, 0) is 41.8 Å². The van der Waals surface area contributed by atoms with Gasteiger partial charge in [0.25, 0.3) is 0 Å². The minimum Gasteiger partial charge on any atom is -0.390 e. The van der Waals surface area contributed by atoms with Gasteiger partial charge >= 0.3 is 0 Å². The number of aliphatic hydroxyl groups is 1. The second-order valence-corrected chi connectivity index (χ2v) is 7.10. The first-order valence-corrected chi connectivity index (χ1v) is 8.68. The standard InChI is InChI=1S/C17H21NO2S/c19-15(16-9-18-7-3-4-13(18)10-20-16)8-12-11-21-17-6-2-1-5-14(12)17/h1-2,5-6,11,13,15-16,19H,3-4,7-10H2. The highest BCUT2D eigenvalue weighted by Crippen LogP contribution is 2.29. The average molecular weight is 303 g/mol. The smallest absolute Gasteiger partial charge is 0.0964 e. The number of fused-ring (bicyclic) bond motifs is 2. The van der Waals surface area contributed by atoms with E-state index in [1.54, 1.807) is 11.3 Å². The van der Waals surface area contributed by atoms with Crippen LogP contribution in [0.2, 0.25) is 0 Å². The van der Waals surface area contributed by atoms with Gasteiger partial charge in [0, 0.05) is 23.7 Å². The van der Waals surface area contributed by atoms with Crippen molar-refractivity contribution in [3.8, 4) is 0 Å². The number of ether oxygens (including phenoxy) is 1. The fourth-order valence-electron chi connectivity index (χ4n) is 3.62. The maximum atomic E-state index is 10.6. The molecule has 1 aromatic carbocycles. The summed E-state index contributed by atoms with van der Waals surface area (Å²) in [7, 11) is 0. The number of benzene rings is 1. The Morgan fingerprint density at radius 1 is 1.38 bits per heavy atom. The summed E-state index contributed by atoms with van der Waals surface area (Å²) in [6.07, 6.45) is 2.75. The van der Waals surface area contributed by atoms with E-state index in [1.807, 2.05) is 0 Å². The van der Waals surface area contributed by atoms with Gasteiger partial charge in [-0.1, -0.05) is 18.2 Å². The SMILES string of the molecule is OC(Cc1csc2ccccc12)C1CN2CCCC2CO1. The predicted octanol–water partition coefficient (Wildman–Crippen LogP) is 2.67. The van der Waals surface area contributed by atoms with E-state index in [0.29, 0.717) is 12.5 Å². The third-order valence-electron chi connectivity index (χ3n) is 4.84. The van der Waals surface area contributed by atoms with Gasteiger partial charge in [0.1, 0.15) is 0 Å². The summed E-state index contributed by atoms with van der Waals surface area (Å²) >= 11 is 1.76. The first-order chi connectivity index (χ1) is 10.3. The van der Waals surface area contributed by atoms with Gasteiger partial charge in [0.05, 0.1) is 18.8 Å². The maximum absolute atomic E-state index is 10.6. The largest absolute Gasteiger partial charge is 0.390 e. The topological polar surface area (TPSA) is 32.7 Å². The molecule has 4 heteroatoms. The molecule has 21 heavy (non-hydrogen) atoms. The molecule has 112 valence electrons. The number of rotatable bonds is 3. The molecular weight excluding hydrogens is 282 g/mol. The van der Waals surface area contributed by atoms with Gasteiger partial charge < -0.3 is 9.84 Å². The van der Waals surface area contributed by atoms with E-state index in [1.165, 1.54) is 35.0 Å². The number of aliphatic hydroxyl groups excluding tert-OH is 1. The van der Waals surface area contributed by atoms with Crippen LogP contribution in [0.3, 0.4) is 0 Å². The molecule has 3 atom stereocenters. The van der Waals surface area contributed by atoms with Gasteiger partial charge in [-0.25, -0.2) is 0 Å². The van der Waals surface area contributed by atoms with Gasteiger partial charge in [-0.2, -0.15) is 0 Å². The lowest BCUT2D eigenvalue weighted by atomic mass is 10.0. The van der Waals surface area contributed by atoms with Crippen LogP contribution in [0.1, 0.15) is 18.4 Å². The zero-order valence-corrected chi connectivity index (χ0v) is 12.9. The lowest BCUT2D eigenvalue weighted by Gasteiger charge is -2.37. The number of thiophene rings is 1. The average Bonchev–Trinajstić information content (AvgIpc) is 3.13. The Balaban J connectivity index is 1.47. The van der Waals surface area contributed by atoms with Crippen molar-refractivity contribution in [2.24, 2.45) is 0 Å². The van der Waals surface area contributed by atoms with Crippen LogP contribution >= 0.6 is 11.3 Å². The quantitative estimate of drug-likeness (QED) is 0.946. The molecule has 0 bridgehead atoms. The molecule has 2 fully saturated rings. The van der Waals surface area contributed by atoms with E-state index in [0.717, 1.165) is 13.2 Å². The number of hydrogen-bond donors (Lipinski definition) is 1. The van der Waals surface area contributed by atoms with E-state index in [4.69, 9.17) is 4.74 Å². The molecule has 4 rings (SSSR count). The highest BCUT2D eigenvalue weighted by molar-refractivity contribution is 7.17. The molecule has 2 aromatic rings. The van der Waals surface area contributed by atoms with E-state index in [9.17, 15) is 5.11 Å². The van der Waals surface area contributed by atoms with Crippen LogP contribution in [0.15, 0.2) is 29.6 Å². The Morgan fingerprint density at radius 3 is 3.24 bits per heavy atom. The Kier molecular flexibility index (Phi) is 3.71. The summed E-state index contributed by atoms with van der Waals surface area (Å²) in [4.78, 5) is 2.49. The van der Waals surface area contributed by atoms with Crippen molar-refractivity contribution in [3.05, 3.63) is 35.2 Å². The lowest BCUT2D eigenvalue weighted by Crippen LogP contribution is -2.50. The third kappa shape index (κ3) is 2.61. The summed E-state index contributed by atoms with van der Waals surface area (Å²) in [5.41, 5.74) is 1.25. The number of nitrogens with zero attached hydrogens (tertiary/aromatic N) is 1. The first kappa shape index (κ1) is 13.7. The lowest BCUT2D eigenvalue weighted by molar-refractivity contribution is -0.101. The molecule has 2 aliphatic heterocycles. The van der Waals surface area contributed by atoms with Gasteiger partial charge in [-0.15, -0.1) is 11.3 Å². The second kappa shape index (κ2) is 5.69. The molecule has 0 radical (unpaired) electrons. The highest BCUT2D eigenvalue weighted by atomic mass is 32.1. The van der Waals surface area contributed by atoms with Gasteiger partial charge in [0.15, 0.2) is 0 Å². The van der Waals surface area contributed by atoms with Crippen molar-refractivity contribution in [3.63, 3.8) is 0 Å². The molecule has 0 aliphatic carbocycles. The Labute approximate surface area is 129 Å². The van der Waals surface area contributed by atoms with Crippen molar-refractivity contribution in [1.29, 1.82) is 0 Å². The van der Waals surface area contributed by atoms with Crippen molar-refractivity contribution >= 4 is 21.4 Å². The van der Waals surface area contributed by atoms with Crippen LogP contribution in [-0.4, -0.2) is 48.0 Å². The molecule has 2 aliphatic rings. The monoisotopic (exact) mass is 303 g/mol. The van der Waals surface area contributed by atoms with Crippen LogP contribution in [-0.2, 0) is 11.2 Å². The normalized spacial score (nSPS) is 27.9. The van der Waals surface area contributed by atoms with Crippen molar-refractivity contribution in [2.45, 2.75) is 37.5 Å². The first-order valence-electron chi connectivity index (χ1n) is 7.80. The maximum Gasteiger partial charge on any atom is 0.0964 e. The summed E-state index contributed by atoms with van der Waals surface area (Å²) in [6.45, 7) is 2.83. The van der Waals surface area contributed by atoms with Crippen molar-refractivity contribution < 1.29 is 9.84 Å². The molecule has 1 N–H and O–H groups in total. The van der Waals surface area contributed by atoms with Crippen LogP contribution in [0, 0.1) is 0 Å². The van der Waals surface area contributed by atoms with Gasteiger partial charge in [0.2, 0.25) is 0 Å². The van der Waals surface area contributed by atoms with E-state index >= 15 is 0 Å². The summed E-state index contributed by atoms with van der Waals surface area (Å²) in [5, 5.41) is 14.0. The highest BCUT2D eigenvalue weighted by Gasteiger charge is 2.35. The van der Waals surface area contributed by atoms with Crippen LogP contribution < -0.4 is 0 Å². The molecule has 0 spiro atoms. The Morgan fingerprint density at radius 2 is 2.29 bits per heavy atom. The minimum absolute atomic E-state index is 0.0435. The second-order valence-electron chi connectivity index (χ2n) is 6.19. The number of morpholine rings is 1. The molecular formula is C17H21NO2S. The summed E-state index contributed by atoms with van der Waals surface area (Å²) in [5.74, 6) is 0. The summed E-state index contributed by atoms with van der Waals surface area (Å²) < 4.78 is 7.22. The molecule has 0 amide bonds. The third-order valence-corrected chi connectivity index (χ3v) is 5.85. The zero-order chi connectivity index (χ0) is 14.2. The fourth-order valence-corrected chi connectivity index (χ4v) is 4.60. The summed E-state index contributed by atoms with van der Waals surface area (Å²) in [6, 6.07) is 9.01. The van der Waals surface area contributed by atoms with Crippen LogP contribution in [0.4, 0.5) is 0 Å². The molecule has 0 saturated carbocycles. The molecule has 3 nitrogen and oxygen atoms in total. The van der Waals surface area contributed by atoms with E-state index in [-0.39, 0.29) is 6.10 Å². The zero-order valence-electron chi connectivity index (χ0n) is 12.1. The van der Waals surface area contributed by atoms with Gasteiger partial charge in [-0.3, -0.25) is 4.90 Å². The minimum atomic E-state index is -0.412. The van der Waals surface area contributed by atoms with E-state index < -0.39 is 6.10 Å². The molecule has 3 unspecified atom stereocenters. The number of hydrogen-bond acceptors (Lipinski definition) is 4. The van der Waals surface area contributed by atoms with E-state index in [2.05, 4.69) is 34.5 Å². The van der Waals surface area contributed by atoms with Crippen molar-refractivity contribution in [2.75, 3.05) is 19.7 Å². The molecule has 1 aromatic heterocycles.